The number of aromatic nitrogens is 4. The lowest BCUT2D eigenvalue weighted by Crippen LogP contribution is -2.31. The molecule has 1 aliphatic heterocycles. The van der Waals surface area contributed by atoms with E-state index in [1.54, 1.807) is 42.9 Å². The average molecular weight is 366 g/mol. The van der Waals surface area contributed by atoms with Gasteiger partial charge in [0, 0.05) is 24.2 Å². The van der Waals surface area contributed by atoms with Gasteiger partial charge in [0.05, 0.1) is 23.6 Å². The third-order valence-corrected chi connectivity index (χ3v) is 4.96. The zero-order valence-electron chi connectivity index (χ0n) is 15.1. The van der Waals surface area contributed by atoms with Gasteiger partial charge in [-0.05, 0) is 51.2 Å². The van der Waals surface area contributed by atoms with Gasteiger partial charge in [0.25, 0.3) is 5.91 Å². The Kier molecular flexibility index (Phi) is 4.64. The van der Waals surface area contributed by atoms with Gasteiger partial charge in [-0.15, -0.1) is 0 Å². The summed E-state index contributed by atoms with van der Waals surface area (Å²) in [6, 6.07) is 7.32. The lowest BCUT2D eigenvalue weighted by atomic mass is 10.1. The second-order valence-electron chi connectivity index (χ2n) is 6.88. The zero-order valence-corrected chi connectivity index (χ0v) is 15.1. The van der Waals surface area contributed by atoms with Crippen LogP contribution in [-0.4, -0.2) is 50.3 Å². The molecule has 1 aromatic carbocycles. The van der Waals surface area contributed by atoms with Crippen LogP contribution in [0.4, 0.5) is 5.69 Å². The molecular formula is C19H22N6O2. The minimum absolute atomic E-state index is 0.233. The Bertz CT molecular complexity index is 993. The van der Waals surface area contributed by atoms with E-state index in [0.29, 0.717) is 23.0 Å². The van der Waals surface area contributed by atoms with E-state index >= 15 is 0 Å². The summed E-state index contributed by atoms with van der Waals surface area (Å²) in [7, 11) is 2.13. The van der Waals surface area contributed by atoms with E-state index in [9.17, 15) is 9.59 Å². The molecule has 0 atom stereocenters. The zero-order chi connectivity index (χ0) is 18.8. The summed E-state index contributed by atoms with van der Waals surface area (Å²) in [6.45, 7) is 2.11. The number of benzene rings is 1. The predicted molar refractivity (Wildman–Crippen MR) is 102 cm³/mol. The maximum atomic E-state index is 12.6. The van der Waals surface area contributed by atoms with E-state index in [4.69, 9.17) is 0 Å². The lowest BCUT2D eigenvalue weighted by molar-refractivity contribution is 0.102. The number of piperidine rings is 1. The van der Waals surface area contributed by atoms with Crippen LogP contribution in [0.15, 0.2) is 53.8 Å². The summed E-state index contributed by atoms with van der Waals surface area (Å²) in [5, 5.41) is 7.30. The number of H-pyrrole nitrogens is 1. The number of hydrogen-bond donors (Lipinski definition) is 2. The van der Waals surface area contributed by atoms with E-state index in [1.807, 2.05) is 10.9 Å². The van der Waals surface area contributed by atoms with Crippen molar-refractivity contribution in [2.75, 3.05) is 25.5 Å². The molecule has 1 fully saturated rings. The van der Waals surface area contributed by atoms with Crippen LogP contribution in [0.1, 0.15) is 29.2 Å². The quantitative estimate of drug-likeness (QED) is 0.738. The highest BCUT2D eigenvalue weighted by molar-refractivity contribution is 6.04. The van der Waals surface area contributed by atoms with Crippen LogP contribution >= 0.6 is 0 Å². The highest BCUT2D eigenvalue weighted by Gasteiger charge is 2.19. The van der Waals surface area contributed by atoms with Crippen LogP contribution in [0.2, 0.25) is 0 Å². The molecule has 8 heteroatoms. The largest absolute Gasteiger partial charge is 0.330 e. The van der Waals surface area contributed by atoms with Crippen LogP contribution in [0.5, 0.6) is 0 Å². The van der Waals surface area contributed by atoms with Gasteiger partial charge in [-0.1, -0.05) is 6.07 Å². The molecule has 3 heterocycles. The molecule has 1 aliphatic rings. The van der Waals surface area contributed by atoms with Gasteiger partial charge in [0.15, 0.2) is 0 Å². The van der Waals surface area contributed by atoms with Crippen LogP contribution in [0.3, 0.4) is 0 Å². The fraction of sp³-hybridized carbons (Fsp3) is 0.316. The molecule has 1 saturated heterocycles. The molecule has 4 rings (SSSR count). The Morgan fingerprint density at radius 2 is 2.11 bits per heavy atom. The molecule has 0 aliphatic carbocycles. The number of likely N-dealkylation sites (tertiary alicyclic amines) is 1. The fourth-order valence-corrected chi connectivity index (χ4v) is 3.39. The molecular weight excluding hydrogens is 344 g/mol. The molecule has 0 radical (unpaired) electrons. The number of nitrogens with zero attached hydrogens (tertiary/aromatic N) is 4. The van der Waals surface area contributed by atoms with Crippen molar-refractivity contribution in [3.05, 3.63) is 65.1 Å². The van der Waals surface area contributed by atoms with Crippen molar-refractivity contribution in [1.82, 2.24) is 24.2 Å². The van der Waals surface area contributed by atoms with E-state index in [-0.39, 0.29) is 11.6 Å². The van der Waals surface area contributed by atoms with Crippen molar-refractivity contribution in [1.29, 1.82) is 0 Å². The molecule has 140 valence electrons. The van der Waals surface area contributed by atoms with Crippen LogP contribution in [0, 0.1) is 0 Å². The lowest BCUT2D eigenvalue weighted by Gasteiger charge is -2.28. The number of aromatic amines is 1. The number of anilines is 1. The topological polar surface area (TPSA) is 88.0 Å². The number of amides is 1. The van der Waals surface area contributed by atoms with Gasteiger partial charge in [-0.25, -0.2) is 4.79 Å². The summed E-state index contributed by atoms with van der Waals surface area (Å²) in [6.07, 6.45) is 8.86. The summed E-state index contributed by atoms with van der Waals surface area (Å²) in [5.41, 5.74) is 1.54. The molecule has 0 unspecified atom stereocenters. The second kappa shape index (κ2) is 7.24. The van der Waals surface area contributed by atoms with Crippen molar-refractivity contribution in [3.63, 3.8) is 0 Å². The smallest absolute Gasteiger partial charge is 0.319 e. The first kappa shape index (κ1) is 17.3. The van der Waals surface area contributed by atoms with Crippen molar-refractivity contribution in [3.8, 4) is 5.69 Å². The van der Waals surface area contributed by atoms with Gasteiger partial charge >= 0.3 is 5.69 Å². The molecule has 0 bridgehead atoms. The van der Waals surface area contributed by atoms with Gasteiger partial charge < -0.3 is 15.2 Å². The Hall–Kier alpha value is -3.13. The van der Waals surface area contributed by atoms with E-state index < -0.39 is 0 Å². The van der Waals surface area contributed by atoms with Gasteiger partial charge in [0.2, 0.25) is 0 Å². The minimum atomic E-state index is -0.244. The van der Waals surface area contributed by atoms with E-state index in [0.717, 1.165) is 25.9 Å². The second-order valence-corrected chi connectivity index (χ2v) is 6.88. The first-order valence-electron chi connectivity index (χ1n) is 9.01. The molecule has 0 spiro atoms. The third-order valence-electron chi connectivity index (χ3n) is 4.96. The molecule has 1 amide bonds. The van der Waals surface area contributed by atoms with Crippen LogP contribution in [0.25, 0.3) is 5.69 Å². The first-order valence-corrected chi connectivity index (χ1v) is 9.01. The third kappa shape index (κ3) is 3.70. The molecule has 3 aromatic rings. The summed E-state index contributed by atoms with van der Waals surface area (Å²) < 4.78 is 3.40. The Morgan fingerprint density at radius 1 is 1.30 bits per heavy atom. The van der Waals surface area contributed by atoms with Crippen molar-refractivity contribution >= 4 is 11.6 Å². The Balaban J connectivity index is 1.47. The van der Waals surface area contributed by atoms with E-state index in [1.165, 1.54) is 4.57 Å². The van der Waals surface area contributed by atoms with Gasteiger partial charge in [0.1, 0.15) is 0 Å². The highest BCUT2D eigenvalue weighted by atomic mass is 16.2. The first-order chi connectivity index (χ1) is 13.1. The number of carbonyl (C=O) groups excluding carboxylic acids is 1. The van der Waals surface area contributed by atoms with Crippen molar-refractivity contribution < 1.29 is 4.79 Å². The number of rotatable bonds is 4. The monoisotopic (exact) mass is 366 g/mol. The Labute approximate surface area is 156 Å². The summed E-state index contributed by atoms with van der Waals surface area (Å²) in [5.74, 6) is -0.233. The van der Waals surface area contributed by atoms with Gasteiger partial charge in [-0.3, -0.25) is 14.0 Å². The Morgan fingerprint density at radius 3 is 2.85 bits per heavy atom. The molecule has 0 saturated carbocycles. The number of nitrogens with one attached hydrogen (secondary N) is 2. The maximum absolute atomic E-state index is 12.6. The average Bonchev–Trinajstić information content (AvgIpc) is 3.31. The van der Waals surface area contributed by atoms with Crippen molar-refractivity contribution in [2.24, 2.45) is 0 Å². The number of hydrogen-bond acceptors (Lipinski definition) is 4. The van der Waals surface area contributed by atoms with Gasteiger partial charge in [-0.2, -0.15) is 5.10 Å². The van der Waals surface area contributed by atoms with Crippen molar-refractivity contribution in [2.45, 2.75) is 18.9 Å². The number of carbonyl (C=O) groups is 1. The number of imidazole rings is 1. The summed E-state index contributed by atoms with van der Waals surface area (Å²) in [4.78, 5) is 29.3. The van der Waals surface area contributed by atoms with Crippen LogP contribution in [-0.2, 0) is 0 Å². The minimum Gasteiger partial charge on any atom is -0.319 e. The summed E-state index contributed by atoms with van der Waals surface area (Å²) >= 11 is 0. The SMILES string of the molecule is CN1CCC(n2cc(NC(=O)c3cccc(-n4cc[nH]c4=O)c3)cn2)CC1. The van der Waals surface area contributed by atoms with E-state index in [2.05, 4.69) is 27.3 Å². The normalized spacial score (nSPS) is 15.7. The molecule has 2 aromatic heterocycles. The fourth-order valence-electron chi connectivity index (χ4n) is 3.39. The molecule has 2 N–H and O–H groups in total. The molecule has 27 heavy (non-hydrogen) atoms. The maximum Gasteiger partial charge on any atom is 0.330 e. The highest BCUT2D eigenvalue weighted by Crippen LogP contribution is 2.22. The molecule has 8 nitrogen and oxygen atoms in total. The van der Waals surface area contributed by atoms with Crippen LogP contribution < -0.4 is 11.0 Å². The standard InChI is InChI=1S/C19H22N6O2/c1-23-8-5-16(6-9-23)25-13-15(12-21-25)22-18(26)14-3-2-4-17(11-14)24-10-7-20-19(24)27/h2-4,7,10-13,16H,5-6,8-9H2,1H3,(H,20,27)(H,22,26). The predicted octanol–water partition coefficient (Wildman–Crippen LogP) is 1.88.